The lowest BCUT2D eigenvalue weighted by molar-refractivity contribution is -0.116. The van der Waals surface area contributed by atoms with Crippen LogP contribution < -0.4 is 5.32 Å². The van der Waals surface area contributed by atoms with Crippen LogP contribution in [-0.4, -0.2) is 20.7 Å². The highest BCUT2D eigenvalue weighted by Crippen LogP contribution is 2.23. The molecule has 0 unspecified atom stereocenters. The van der Waals surface area contributed by atoms with E-state index in [1.165, 1.54) is 11.1 Å². The van der Waals surface area contributed by atoms with E-state index in [1.807, 2.05) is 47.9 Å². The van der Waals surface area contributed by atoms with E-state index in [0.29, 0.717) is 17.7 Å². The Kier molecular flexibility index (Phi) is 5.79. The minimum atomic E-state index is -0.0542. The van der Waals surface area contributed by atoms with E-state index < -0.39 is 0 Å². The van der Waals surface area contributed by atoms with Crippen molar-refractivity contribution in [3.05, 3.63) is 64.4 Å². The predicted molar refractivity (Wildman–Crippen MR) is 116 cm³/mol. The molecule has 2 aromatic carbocycles. The van der Waals surface area contributed by atoms with Crippen LogP contribution in [0.25, 0.3) is 11.4 Å². The third kappa shape index (κ3) is 4.75. The molecule has 1 heterocycles. The summed E-state index contributed by atoms with van der Waals surface area (Å²) in [7, 11) is 0. The van der Waals surface area contributed by atoms with Crippen molar-refractivity contribution in [2.45, 2.75) is 46.1 Å². The molecule has 5 nitrogen and oxygen atoms in total. The first kappa shape index (κ1) is 20.0. The zero-order valence-corrected chi connectivity index (χ0v) is 17.6. The maximum atomic E-state index is 12.4. The van der Waals surface area contributed by atoms with Crippen LogP contribution in [-0.2, 0) is 16.8 Å². The number of rotatable bonds is 5. The highest BCUT2D eigenvalue weighted by Gasteiger charge is 2.14. The van der Waals surface area contributed by atoms with Gasteiger partial charge in [0.1, 0.15) is 0 Å². The number of hydrogen-bond acceptors (Lipinski definition) is 3. The van der Waals surface area contributed by atoms with Crippen LogP contribution in [0.4, 0.5) is 5.69 Å². The predicted octanol–water partition coefficient (Wildman–Crippen LogP) is 5.24. The first-order valence-electron chi connectivity index (χ1n) is 9.37. The van der Waals surface area contributed by atoms with Crippen molar-refractivity contribution in [3.8, 4) is 11.4 Å². The Morgan fingerprint density at radius 3 is 2.36 bits per heavy atom. The minimum absolute atomic E-state index is 0.0542. The maximum absolute atomic E-state index is 12.4. The van der Waals surface area contributed by atoms with Gasteiger partial charge < -0.3 is 5.32 Å². The second-order valence-corrected chi connectivity index (χ2v) is 8.38. The Hall–Kier alpha value is -2.73. The maximum Gasteiger partial charge on any atom is 0.226 e. The second kappa shape index (κ2) is 8.10. The van der Waals surface area contributed by atoms with E-state index in [0.717, 1.165) is 17.1 Å². The van der Waals surface area contributed by atoms with Crippen LogP contribution in [0, 0.1) is 11.7 Å². The van der Waals surface area contributed by atoms with Gasteiger partial charge >= 0.3 is 0 Å². The highest BCUT2D eigenvalue weighted by molar-refractivity contribution is 7.71. The third-order valence-electron chi connectivity index (χ3n) is 4.67. The van der Waals surface area contributed by atoms with E-state index in [2.05, 4.69) is 48.4 Å². The van der Waals surface area contributed by atoms with Crippen molar-refractivity contribution in [2.75, 3.05) is 5.32 Å². The fourth-order valence-electron chi connectivity index (χ4n) is 2.94. The monoisotopic (exact) mass is 394 g/mol. The number of benzene rings is 2. The molecule has 0 aliphatic heterocycles. The third-order valence-corrected chi connectivity index (χ3v) is 4.98. The Balaban J connectivity index is 1.66. The lowest BCUT2D eigenvalue weighted by Gasteiger charge is -2.19. The van der Waals surface area contributed by atoms with E-state index in [9.17, 15) is 4.79 Å². The molecule has 0 saturated heterocycles. The molecule has 1 amide bonds. The molecule has 1 aromatic heterocycles. The molecule has 146 valence electrons. The molecule has 0 saturated carbocycles. The van der Waals surface area contributed by atoms with Crippen molar-refractivity contribution in [1.82, 2.24) is 14.8 Å². The number of nitrogens with zero attached hydrogens (tertiary/aromatic N) is 2. The van der Waals surface area contributed by atoms with Crippen LogP contribution in [0.2, 0.25) is 0 Å². The summed E-state index contributed by atoms with van der Waals surface area (Å²) in [5.41, 5.74) is 4.27. The molecule has 2 N–H and O–H groups in total. The number of carbonyl (C=O) groups is 1. The molecule has 0 atom stereocenters. The molecule has 0 aliphatic carbocycles. The smallest absolute Gasteiger partial charge is 0.226 e. The number of aromatic amines is 1. The molecule has 0 bridgehead atoms. The van der Waals surface area contributed by atoms with Crippen LogP contribution in [0.5, 0.6) is 0 Å². The van der Waals surface area contributed by atoms with Gasteiger partial charge in [0.05, 0.1) is 0 Å². The lowest BCUT2D eigenvalue weighted by atomic mass is 9.87. The normalized spacial score (nSPS) is 11.4. The Morgan fingerprint density at radius 2 is 1.75 bits per heavy atom. The summed E-state index contributed by atoms with van der Waals surface area (Å²) in [6, 6.07) is 16.1. The summed E-state index contributed by atoms with van der Waals surface area (Å²) in [6.07, 6.45) is 0.313. The van der Waals surface area contributed by atoms with Crippen LogP contribution >= 0.6 is 12.2 Å². The first-order valence-corrected chi connectivity index (χ1v) is 9.77. The quantitative estimate of drug-likeness (QED) is 0.582. The number of amides is 1. The van der Waals surface area contributed by atoms with Gasteiger partial charge in [-0.3, -0.25) is 14.5 Å². The van der Waals surface area contributed by atoms with Crippen LogP contribution in [0.3, 0.4) is 0 Å². The summed E-state index contributed by atoms with van der Waals surface area (Å²) in [5, 5.41) is 10.1. The molecule has 28 heavy (non-hydrogen) atoms. The number of hydrogen-bond donors (Lipinski definition) is 2. The number of H-pyrrole nitrogens is 1. The van der Waals surface area contributed by atoms with E-state index in [-0.39, 0.29) is 11.3 Å². The summed E-state index contributed by atoms with van der Waals surface area (Å²) in [5.74, 6) is 0.689. The molecule has 0 radical (unpaired) electrons. The molecule has 0 fully saturated rings. The fourth-order valence-corrected chi connectivity index (χ4v) is 3.16. The molecule has 6 heteroatoms. The number of anilines is 1. The molecule has 3 rings (SSSR count). The Morgan fingerprint density at radius 1 is 1.11 bits per heavy atom. The van der Waals surface area contributed by atoms with E-state index in [1.54, 1.807) is 0 Å². The second-order valence-electron chi connectivity index (χ2n) is 8.00. The standard InChI is InChI=1S/C22H26N4OS/c1-15-5-7-16(8-6-15)20-24-25-21(28)26(20)14-13-19(27)23-18-11-9-17(10-12-18)22(2,3)4/h5-12H,13-14H2,1-4H3,(H,23,27)(H,25,28). The molecule has 0 aliphatic rings. The molecular formula is C22H26N4OS. The first-order chi connectivity index (χ1) is 13.2. The van der Waals surface area contributed by atoms with Gasteiger partial charge in [0.25, 0.3) is 0 Å². The zero-order valence-electron chi connectivity index (χ0n) is 16.7. The molecular weight excluding hydrogens is 368 g/mol. The average molecular weight is 395 g/mol. The van der Waals surface area contributed by atoms with Gasteiger partial charge in [-0.25, -0.2) is 0 Å². The molecule has 3 aromatic rings. The van der Waals surface area contributed by atoms with Gasteiger partial charge in [0, 0.05) is 24.2 Å². The van der Waals surface area contributed by atoms with Crippen LogP contribution in [0.15, 0.2) is 48.5 Å². The van der Waals surface area contributed by atoms with E-state index >= 15 is 0 Å². The van der Waals surface area contributed by atoms with Crippen LogP contribution in [0.1, 0.15) is 38.3 Å². The van der Waals surface area contributed by atoms with Gasteiger partial charge in [0.15, 0.2) is 10.6 Å². The highest BCUT2D eigenvalue weighted by atomic mass is 32.1. The fraction of sp³-hybridized carbons (Fsp3) is 0.318. The Labute approximate surface area is 170 Å². The summed E-state index contributed by atoms with van der Waals surface area (Å²) < 4.78 is 2.38. The van der Waals surface area contributed by atoms with Crippen molar-refractivity contribution in [3.63, 3.8) is 0 Å². The summed E-state index contributed by atoms with van der Waals surface area (Å²) >= 11 is 5.34. The van der Waals surface area contributed by atoms with Gasteiger partial charge in [-0.2, -0.15) is 5.10 Å². The largest absolute Gasteiger partial charge is 0.326 e. The average Bonchev–Trinajstić information content (AvgIpc) is 3.01. The number of aromatic nitrogens is 3. The van der Waals surface area contributed by atoms with Gasteiger partial charge in [-0.15, -0.1) is 0 Å². The number of nitrogens with one attached hydrogen (secondary N) is 2. The van der Waals surface area contributed by atoms with Gasteiger partial charge in [-0.05, 0) is 42.3 Å². The van der Waals surface area contributed by atoms with Crippen molar-refractivity contribution in [2.24, 2.45) is 0 Å². The van der Waals surface area contributed by atoms with Crippen molar-refractivity contribution in [1.29, 1.82) is 0 Å². The molecule has 0 spiro atoms. The Bertz CT molecular complexity index is 1010. The van der Waals surface area contributed by atoms with Crippen molar-refractivity contribution >= 4 is 23.8 Å². The van der Waals surface area contributed by atoms with E-state index in [4.69, 9.17) is 12.2 Å². The minimum Gasteiger partial charge on any atom is -0.326 e. The van der Waals surface area contributed by atoms with Crippen molar-refractivity contribution < 1.29 is 4.79 Å². The number of carbonyl (C=O) groups excluding carboxylic acids is 1. The summed E-state index contributed by atoms with van der Waals surface area (Å²) in [6.45, 7) is 9.01. The topological polar surface area (TPSA) is 62.7 Å². The lowest BCUT2D eigenvalue weighted by Crippen LogP contribution is -2.15. The zero-order chi connectivity index (χ0) is 20.3. The SMILES string of the molecule is Cc1ccc(-c2n[nH]c(=S)n2CCC(=O)Nc2ccc(C(C)(C)C)cc2)cc1. The number of aryl methyl sites for hydroxylation is 1. The van der Waals surface area contributed by atoms with Gasteiger partial charge in [-0.1, -0.05) is 62.7 Å². The van der Waals surface area contributed by atoms with Gasteiger partial charge in [0.2, 0.25) is 5.91 Å². The summed E-state index contributed by atoms with van der Waals surface area (Å²) in [4.78, 5) is 12.4.